The van der Waals surface area contributed by atoms with E-state index in [9.17, 15) is 4.79 Å². The van der Waals surface area contributed by atoms with Gasteiger partial charge in [0.25, 0.3) is 5.91 Å². The van der Waals surface area contributed by atoms with E-state index in [4.69, 9.17) is 9.84 Å². The third-order valence-corrected chi connectivity index (χ3v) is 7.81. The molecule has 1 N–H and O–H groups in total. The zero-order valence-electron chi connectivity index (χ0n) is 19.3. The van der Waals surface area contributed by atoms with Crippen LogP contribution < -0.4 is 5.32 Å². The van der Waals surface area contributed by atoms with Gasteiger partial charge < -0.3 is 15.0 Å². The minimum absolute atomic E-state index is 0.127. The molecule has 1 aromatic carbocycles. The first kappa shape index (κ1) is 21.7. The van der Waals surface area contributed by atoms with E-state index in [0.717, 1.165) is 84.3 Å². The molecule has 0 saturated carbocycles. The van der Waals surface area contributed by atoms with Gasteiger partial charge in [0.2, 0.25) is 0 Å². The third kappa shape index (κ3) is 4.11. The molecule has 0 bridgehead atoms. The summed E-state index contributed by atoms with van der Waals surface area (Å²) in [6, 6.07) is 11.3. The number of likely N-dealkylation sites (tertiary alicyclic amines) is 1. The molecule has 32 heavy (non-hydrogen) atoms. The molecule has 3 aliphatic rings. The molecule has 6 heteroatoms. The van der Waals surface area contributed by atoms with Gasteiger partial charge in [0.1, 0.15) is 0 Å². The number of amides is 1. The highest BCUT2D eigenvalue weighted by atomic mass is 16.5. The van der Waals surface area contributed by atoms with E-state index >= 15 is 0 Å². The Morgan fingerprint density at radius 3 is 2.66 bits per heavy atom. The number of nitrogens with one attached hydrogen (secondary N) is 1. The lowest BCUT2D eigenvalue weighted by Crippen LogP contribution is -2.47. The van der Waals surface area contributed by atoms with Crippen LogP contribution in [0.5, 0.6) is 0 Å². The molecule has 172 valence electrons. The van der Waals surface area contributed by atoms with Crippen LogP contribution in [-0.2, 0) is 29.5 Å². The first-order valence-corrected chi connectivity index (χ1v) is 12.4. The van der Waals surface area contributed by atoms with Gasteiger partial charge in [0.15, 0.2) is 5.69 Å². The van der Waals surface area contributed by atoms with Crippen molar-refractivity contribution in [3.05, 3.63) is 52.8 Å². The summed E-state index contributed by atoms with van der Waals surface area (Å²) in [5.74, 6) is 0.136. The largest absolute Gasteiger partial charge is 0.381 e. The fourth-order valence-electron chi connectivity index (χ4n) is 5.83. The van der Waals surface area contributed by atoms with Gasteiger partial charge in [0, 0.05) is 62.1 Å². The number of fused-ring (bicyclic) bond motifs is 1. The Labute approximate surface area is 191 Å². The van der Waals surface area contributed by atoms with Crippen molar-refractivity contribution in [2.45, 2.75) is 69.9 Å². The van der Waals surface area contributed by atoms with Crippen LogP contribution in [0, 0.1) is 0 Å². The molecule has 0 radical (unpaired) electrons. The van der Waals surface area contributed by atoms with Gasteiger partial charge in [-0.05, 0) is 57.4 Å². The smallest absolute Gasteiger partial charge is 0.274 e. The second-order valence-corrected chi connectivity index (χ2v) is 9.67. The van der Waals surface area contributed by atoms with Crippen molar-refractivity contribution in [3.8, 4) is 0 Å². The molecular formula is C26H36N4O2. The Hall–Kier alpha value is -2.18. The number of aromatic nitrogens is 2. The van der Waals surface area contributed by atoms with Gasteiger partial charge in [0.05, 0.1) is 0 Å². The molecule has 6 nitrogen and oxygen atoms in total. The zero-order chi connectivity index (χ0) is 22.0. The van der Waals surface area contributed by atoms with E-state index in [-0.39, 0.29) is 11.3 Å². The predicted molar refractivity (Wildman–Crippen MR) is 125 cm³/mol. The van der Waals surface area contributed by atoms with Crippen LogP contribution >= 0.6 is 0 Å². The summed E-state index contributed by atoms with van der Waals surface area (Å²) in [5, 5.41) is 8.70. The summed E-state index contributed by atoms with van der Waals surface area (Å²) in [6.07, 6.45) is 7.30. The molecule has 0 spiro atoms. The SMILES string of the molecule is CCn1nc(C(=O)N2CCCC2)c2c1CC[C@@H](NCC1(c3ccccc3)CCOCC1)C2. The average molecular weight is 437 g/mol. The van der Waals surface area contributed by atoms with Crippen LogP contribution in [0.2, 0.25) is 0 Å². The van der Waals surface area contributed by atoms with Crippen LogP contribution in [0.25, 0.3) is 0 Å². The monoisotopic (exact) mass is 436 g/mol. The van der Waals surface area contributed by atoms with E-state index in [1.165, 1.54) is 16.8 Å². The van der Waals surface area contributed by atoms with Crippen LogP contribution in [0.1, 0.15) is 66.3 Å². The molecule has 1 aromatic heterocycles. The number of benzene rings is 1. The lowest BCUT2D eigenvalue weighted by atomic mass is 9.73. The molecule has 5 rings (SSSR count). The molecule has 2 aliphatic heterocycles. The normalized spacial score (nSPS) is 22.7. The number of hydrogen-bond acceptors (Lipinski definition) is 4. The van der Waals surface area contributed by atoms with Gasteiger partial charge in [-0.3, -0.25) is 9.48 Å². The number of nitrogens with zero attached hydrogens (tertiary/aromatic N) is 3. The van der Waals surface area contributed by atoms with Gasteiger partial charge in [-0.1, -0.05) is 30.3 Å². The highest BCUT2D eigenvalue weighted by molar-refractivity contribution is 5.94. The van der Waals surface area contributed by atoms with Crippen LogP contribution in [0.15, 0.2) is 30.3 Å². The molecule has 2 aromatic rings. The van der Waals surface area contributed by atoms with E-state index < -0.39 is 0 Å². The Balaban J connectivity index is 1.33. The topological polar surface area (TPSA) is 59.4 Å². The van der Waals surface area contributed by atoms with E-state index in [2.05, 4.69) is 47.3 Å². The van der Waals surface area contributed by atoms with Crippen LogP contribution in [0.3, 0.4) is 0 Å². The Bertz CT molecular complexity index is 927. The Morgan fingerprint density at radius 1 is 1.19 bits per heavy atom. The highest BCUT2D eigenvalue weighted by Crippen LogP contribution is 2.35. The Morgan fingerprint density at radius 2 is 1.94 bits per heavy atom. The summed E-state index contributed by atoms with van der Waals surface area (Å²) in [4.78, 5) is 15.2. The third-order valence-electron chi connectivity index (χ3n) is 7.81. The van der Waals surface area contributed by atoms with Gasteiger partial charge in [-0.2, -0.15) is 5.10 Å². The van der Waals surface area contributed by atoms with Crippen molar-refractivity contribution in [3.63, 3.8) is 0 Å². The molecule has 2 fully saturated rings. The van der Waals surface area contributed by atoms with Gasteiger partial charge in [-0.25, -0.2) is 0 Å². The van der Waals surface area contributed by atoms with Crippen LogP contribution in [0.4, 0.5) is 0 Å². The van der Waals surface area contributed by atoms with Crippen molar-refractivity contribution >= 4 is 5.91 Å². The average Bonchev–Trinajstić information content (AvgIpc) is 3.52. The molecule has 1 aliphatic carbocycles. The highest BCUT2D eigenvalue weighted by Gasteiger charge is 2.36. The minimum Gasteiger partial charge on any atom is -0.381 e. The number of carbonyl (C=O) groups is 1. The number of aryl methyl sites for hydroxylation is 1. The summed E-state index contributed by atoms with van der Waals surface area (Å²) >= 11 is 0. The van der Waals surface area contributed by atoms with E-state index in [0.29, 0.717) is 11.7 Å². The van der Waals surface area contributed by atoms with Gasteiger partial charge >= 0.3 is 0 Å². The molecular weight excluding hydrogens is 400 g/mol. The number of carbonyl (C=O) groups excluding carboxylic acids is 1. The first-order valence-electron chi connectivity index (χ1n) is 12.4. The fraction of sp³-hybridized carbons (Fsp3) is 0.615. The molecule has 3 heterocycles. The lowest BCUT2D eigenvalue weighted by Gasteiger charge is -2.39. The van der Waals surface area contributed by atoms with Crippen molar-refractivity contribution in [2.75, 3.05) is 32.8 Å². The molecule has 1 atom stereocenters. The quantitative estimate of drug-likeness (QED) is 0.755. The predicted octanol–water partition coefficient (Wildman–Crippen LogP) is 3.33. The maximum absolute atomic E-state index is 13.2. The lowest BCUT2D eigenvalue weighted by molar-refractivity contribution is 0.0486. The second-order valence-electron chi connectivity index (χ2n) is 9.67. The minimum atomic E-state index is 0.127. The summed E-state index contributed by atoms with van der Waals surface area (Å²) in [5.41, 5.74) is 4.71. The number of ether oxygens (including phenoxy) is 1. The maximum Gasteiger partial charge on any atom is 0.274 e. The molecule has 2 saturated heterocycles. The molecule has 1 amide bonds. The Kier molecular flexibility index (Phi) is 6.33. The van der Waals surface area contributed by atoms with Gasteiger partial charge in [-0.15, -0.1) is 0 Å². The van der Waals surface area contributed by atoms with E-state index in [1.54, 1.807) is 0 Å². The van der Waals surface area contributed by atoms with Crippen molar-refractivity contribution < 1.29 is 9.53 Å². The molecule has 0 unspecified atom stereocenters. The second kappa shape index (κ2) is 9.36. The van der Waals surface area contributed by atoms with Crippen molar-refractivity contribution in [2.24, 2.45) is 0 Å². The fourth-order valence-corrected chi connectivity index (χ4v) is 5.83. The standard InChI is InChI=1S/C26H36N4O2/c1-2-30-23-11-10-21(18-22(23)24(28-30)25(31)29-14-6-7-15-29)27-19-26(12-16-32-17-13-26)20-8-4-3-5-9-20/h3-5,8-9,21,27H,2,6-7,10-19H2,1H3/t21-/m1/s1. The maximum atomic E-state index is 13.2. The summed E-state index contributed by atoms with van der Waals surface area (Å²) in [7, 11) is 0. The van der Waals surface area contributed by atoms with E-state index in [1.807, 2.05) is 4.90 Å². The van der Waals surface area contributed by atoms with Crippen molar-refractivity contribution in [1.29, 1.82) is 0 Å². The van der Waals surface area contributed by atoms with Crippen LogP contribution in [-0.4, -0.2) is 59.5 Å². The summed E-state index contributed by atoms with van der Waals surface area (Å²) < 4.78 is 7.78. The zero-order valence-corrected chi connectivity index (χ0v) is 19.3. The van der Waals surface area contributed by atoms with Crippen molar-refractivity contribution in [1.82, 2.24) is 20.0 Å². The number of rotatable bonds is 6. The first-order chi connectivity index (χ1) is 15.7. The number of hydrogen-bond donors (Lipinski definition) is 1. The summed E-state index contributed by atoms with van der Waals surface area (Å²) in [6.45, 7) is 7.29.